The minimum Gasteiger partial charge on any atom is -0.380 e. The van der Waals surface area contributed by atoms with Gasteiger partial charge in [-0.2, -0.15) is 0 Å². The molecule has 0 radical (unpaired) electrons. The Balaban J connectivity index is 1.27. The van der Waals surface area contributed by atoms with E-state index >= 15 is 0 Å². The highest BCUT2D eigenvalue weighted by Gasteiger charge is 2.20. The lowest BCUT2D eigenvalue weighted by molar-refractivity contribution is 0.0519. The van der Waals surface area contributed by atoms with Gasteiger partial charge < -0.3 is 10.6 Å². The van der Waals surface area contributed by atoms with Gasteiger partial charge in [0.25, 0.3) is 10.9 Å². The number of rotatable bonds is 14. The Bertz CT molecular complexity index is 1010. The van der Waals surface area contributed by atoms with Gasteiger partial charge in [-0.1, -0.05) is 37.0 Å². The number of sulfonamides is 1. The normalized spacial score (nSPS) is 15.1. The fourth-order valence-electron chi connectivity index (χ4n) is 3.88. The molecular formula is C22H32N4O5S. The van der Waals surface area contributed by atoms with Gasteiger partial charge in [0.1, 0.15) is 11.4 Å². The minimum absolute atomic E-state index is 0.0310. The molecule has 1 aliphatic rings. The summed E-state index contributed by atoms with van der Waals surface area (Å²) in [6.45, 7) is 0.978. The van der Waals surface area contributed by atoms with E-state index < -0.39 is 20.9 Å². The van der Waals surface area contributed by atoms with Gasteiger partial charge in [-0.3, -0.25) is 19.4 Å². The highest BCUT2D eigenvalue weighted by molar-refractivity contribution is 7.89. The van der Waals surface area contributed by atoms with Gasteiger partial charge in [-0.05, 0) is 43.7 Å². The van der Waals surface area contributed by atoms with Crippen LogP contribution in [0.2, 0.25) is 0 Å². The summed E-state index contributed by atoms with van der Waals surface area (Å²) in [6, 6.07) is 3.43. The summed E-state index contributed by atoms with van der Waals surface area (Å²) in [7, 11) is -3.42. The van der Waals surface area contributed by atoms with Crippen molar-refractivity contribution in [1.82, 2.24) is 9.87 Å². The van der Waals surface area contributed by atoms with E-state index in [1.54, 1.807) is 24.5 Å². The van der Waals surface area contributed by atoms with Crippen molar-refractivity contribution < 1.29 is 13.3 Å². The molecule has 0 saturated heterocycles. The van der Waals surface area contributed by atoms with E-state index in [2.05, 4.69) is 20.5 Å². The number of pyridine rings is 1. The smallest absolute Gasteiger partial charge is 0.253 e. The average Bonchev–Trinajstić information content (AvgIpc) is 2.80. The van der Waals surface area contributed by atoms with Crippen molar-refractivity contribution in [3.05, 3.63) is 45.0 Å². The third kappa shape index (κ3) is 7.39. The number of nitrogens with zero attached hydrogens (tertiary/aromatic N) is 1. The maximum atomic E-state index is 12.0. The highest BCUT2D eigenvalue weighted by atomic mass is 32.2. The number of anilines is 3. The summed E-state index contributed by atoms with van der Waals surface area (Å²) < 4.78 is 24.0. The van der Waals surface area contributed by atoms with Crippen LogP contribution in [-0.2, 0) is 14.9 Å². The molecule has 1 aliphatic carbocycles. The lowest BCUT2D eigenvalue weighted by Crippen LogP contribution is -2.36. The molecule has 10 heteroatoms. The van der Waals surface area contributed by atoms with Crippen LogP contribution in [0, 0.1) is 5.92 Å². The Morgan fingerprint density at radius 1 is 0.938 bits per heavy atom. The molecule has 32 heavy (non-hydrogen) atoms. The van der Waals surface area contributed by atoms with Gasteiger partial charge in [0, 0.05) is 24.6 Å². The van der Waals surface area contributed by atoms with Crippen molar-refractivity contribution >= 4 is 27.1 Å². The minimum atomic E-state index is -3.42. The molecule has 176 valence electrons. The van der Waals surface area contributed by atoms with Gasteiger partial charge >= 0.3 is 0 Å². The van der Waals surface area contributed by atoms with Gasteiger partial charge in [-0.25, -0.2) is 8.42 Å². The standard InChI is InChI=1S/C22H32N4O5S/c27-21-19(20(22(21)28)25-18-10-13-23-14-11-18)24-12-6-1-2-7-15-32(29,30)26-31-16-17-8-4-3-5-9-17/h10-11,13-14,17,24,26H,1-9,12,15-16H2,(H,23,25). The van der Waals surface area contributed by atoms with Crippen LogP contribution in [0.15, 0.2) is 34.1 Å². The van der Waals surface area contributed by atoms with E-state index in [4.69, 9.17) is 4.84 Å². The van der Waals surface area contributed by atoms with Crippen LogP contribution in [0.1, 0.15) is 57.8 Å². The zero-order chi connectivity index (χ0) is 22.8. The molecule has 0 bridgehead atoms. The van der Waals surface area contributed by atoms with Crippen LogP contribution in [0.5, 0.6) is 0 Å². The van der Waals surface area contributed by atoms with Crippen molar-refractivity contribution in [1.29, 1.82) is 0 Å². The van der Waals surface area contributed by atoms with E-state index in [0.29, 0.717) is 36.9 Å². The van der Waals surface area contributed by atoms with E-state index in [9.17, 15) is 18.0 Å². The molecule has 3 N–H and O–H groups in total. The molecule has 0 atom stereocenters. The Morgan fingerprint density at radius 2 is 1.62 bits per heavy atom. The van der Waals surface area contributed by atoms with Crippen molar-refractivity contribution in [2.24, 2.45) is 5.92 Å². The van der Waals surface area contributed by atoms with Crippen molar-refractivity contribution in [2.75, 3.05) is 29.5 Å². The zero-order valence-corrected chi connectivity index (χ0v) is 19.1. The van der Waals surface area contributed by atoms with Crippen LogP contribution in [0.3, 0.4) is 0 Å². The second-order valence-corrected chi connectivity index (χ2v) is 10.1. The molecule has 0 aliphatic heterocycles. The van der Waals surface area contributed by atoms with Crippen LogP contribution >= 0.6 is 0 Å². The molecule has 1 fully saturated rings. The first kappa shape index (κ1) is 24.3. The lowest BCUT2D eigenvalue weighted by Gasteiger charge is -2.21. The fourth-order valence-corrected chi connectivity index (χ4v) is 4.80. The lowest BCUT2D eigenvalue weighted by atomic mass is 9.90. The molecular weight excluding hydrogens is 432 g/mol. The Kier molecular flexibility index (Phi) is 9.19. The van der Waals surface area contributed by atoms with Gasteiger partial charge in [0.2, 0.25) is 10.0 Å². The molecule has 0 spiro atoms. The van der Waals surface area contributed by atoms with Crippen molar-refractivity contribution in [3.8, 4) is 0 Å². The van der Waals surface area contributed by atoms with E-state index in [1.165, 1.54) is 19.3 Å². The molecule has 0 unspecified atom stereocenters. The Labute approximate surface area is 188 Å². The highest BCUT2D eigenvalue weighted by Crippen LogP contribution is 2.23. The zero-order valence-electron chi connectivity index (χ0n) is 18.3. The summed E-state index contributed by atoms with van der Waals surface area (Å²) in [5.41, 5.74) is 0.202. The van der Waals surface area contributed by atoms with Crippen LogP contribution in [0.25, 0.3) is 0 Å². The van der Waals surface area contributed by atoms with Gasteiger partial charge in [0.05, 0.1) is 12.4 Å². The maximum absolute atomic E-state index is 12.0. The number of nitrogens with one attached hydrogen (secondary N) is 3. The predicted molar refractivity (Wildman–Crippen MR) is 125 cm³/mol. The summed E-state index contributed by atoms with van der Waals surface area (Å²) in [5, 5.41) is 5.96. The number of unbranched alkanes of at least 4 members (excludes halogenated alkanes) is 3. The summed E-state index contributed by atoms with van der Waals surface area (Å²) in [6.07, 6.45) is 11.9. The number of aromatic nitrogens is 1. The predicted octanol–water partition coefficient (Wildman–Crippen LogP) is 2.82. The fraction of sp³-hybridized carbons (Fsp3) is 0.591. The molecule has 9 nitrogen and oxygen atoms in total. The van der Waals surface area contributed by atoms with E-state index in [-0.39, 0.29) is 11.4 Å². The molecule has 1 heterocycles. The second kappa shape index (κ2) is 12.1. The summed E-state index contributed by atoms with van der Waals surface area (Å²) >= 11 is 0. The molecule has 0 amide bonds. The van der Waals surface area contributed by atoms with E-state index in [1.807, 2.05) is 0 Å². The third-order valence-corrected chi connectivity index (χ3v) is 6.93. The largest absolute Gasteiger partial charge is 0.380 e. The number of hydrogen-bond acceptors (Lipinski definition) is 8. The topological polar surface area (TPSA) is 126 Å². The molecule has 1 aromatic heterocycles. The average molecular weight is 465 g/mol. The first-order valence-corrected chi connectivity index (χ1v) is 13.0. The van der Waals surface area contributed by atoms with Gasteiger partial charge in [-0.15, -0.1) is 0 Å². The Hall–Kier alpha value is -2.30. The first-order valence-electron chi connectivity index (χ1n) is 11.3. The maximum Gasteiger partial charge on any atom is 0.253 e. The molecule has 2 aromatic rings. The molecule has 1 aromatic carbocycles. The quantitative estimate of drug-likeness (QED) is 0.221. The van der Waals surface area contributed by atoms with Crippen LogP contribution in [0.4, 0.5) is 17.1 Å². The van der Waals surface area contributed by atoms with Crippen LogP contribution < -0.4 is 26.4 Å². The molecule has 3 rings (SSSR count). The van der Waals surface area contributed by atoms with E-state index in [0.717, 1.165) is 32.1 Å². The monoisotopic (exact) mass is 464 g/mol. The molecule has 1 saturated carbocycles. The van der Waals surface area contributed by atoms with Gasteiger partial charge in [0.15, 0.2) is 0 Å². The SMILES string of the molecule is O=c1c(NCCCCCCS(=O)(=O)NOCC2CCCCC2)c(Nc2ccncc2)c1=O. The second-order valence-electron chi connectivity index (χ2n) is 8.33. The Morgan fingerprint density at radius 3 is 2.38 bits per heavy atom. The summed E-state index contributed by atoms with van der Waals surface area (Å²) in [5.74, 6) is 0.482. The summed E-state index contributed by atoms with van der Waals surface area (Å²) in [4.78, 5) is 35.0. The van der Waals surface area contributed by atoms with Crippen LogP contribution in [-0.4, -0.2) is 32.3 Å². The number of hydrogen-bond donors (Lipinski definition) is 3. The first-order chi connectivity index (χ1) is 15.5. The van der Waals surface area contributed by atoms with Crippen molar-refractivity contribution in [2.45, 2.75) is 57.8 Å². The van der Waals surface area contributed by atoms with Crippen molar-refractivity contribution in [3.63, 3.8) is 0 Å². The third-order valence-electron chi connectivity index (χ3n) is 5.73.